The van der Waals surface area contributed by atoms with Crippen molar-refractivity contribution in [2.24, 2.45) is 40.4 Å². The molecule has 0 unspecified atom stereocenters. The number of fused-ring (bicyclic) bond motifs is 5. The average molecular weight is 515 g/mol. The minimum absolute atomic E-state index is 0.0165. The molecule has 3 saturated carbocycles. The van der Waals surface area contributed by atoms with Crippen molar-refractivity contribution in [3.8, 4) is 0 Å². The van der Waals surface area contributed by atoms with Crippen molar-refractivity contribution in [3.63, 3.8) is 0 Å². The molecule has 37 heavy (non-hydrogen) atoms. The minimum atomic E-state index is -1.45. The summed E-state index contributed by atoms with van der Waals surface area (Å²) in [5, 5.41) is 11.7. The number of carbonyl (C=O) groups is 4. The second-order valence-corrected chi connectivity index (χ2v) is 12.5. The number of ketones is 2. The van der Waals surface area contributed by atoms with Crippen LogP contribution in [0.2, 0.25) is 0 Å². The van der Waals surface area contributed by atoms with Crippen molar-refractivity contribution in [2.75, 3.05) is 6.61 Å². The maximum Gasteiger partial charge on any atom is 0.308 e. The quantitative estimate of drug-likeness (QED) is 0.503. The van der Waals surface area contributed by atoms with Gasteiger partial charge in [0.25, 0.3) is 0 Å². The highest BCUT2D eigenvalue weighted by Crippen LogP contribution is 2.68. The van der Waals surface area contributed by atoms with E-state index in [1.807, 2.05) is 19.9 Å². The first kappa shape index (κ1) is 27.7. The van der Waals surface area contributed by atoms with Crippen LogP contribution in [0.5, 0.6) is 0 Å². The molecule has 0 bridgehead atoms. The third kappa shape index (κ3) is 4.31. The van der Waals surface area contributed by atoms with Crippen molar-refractivity contribution in [1.82, 2.24) is 0 Å². The smallest absolute Gasteiger partial charge is 0.308 e. The van der Waals surface area contributed by atoms with Gasteiger partial charge < -0.3 is 14.6 Å². The van der Waals surface area contributed by atoms with E-state index in [1.165, 1.54) is 0 Å². The Hall–Kier alpha value is -2.28. The van der Waals surface area contributed by atoms with Gasteiger partial charge in [0.2, 0.25) is 5.78 Å². The predicted octanol–water partition coefficient (Wildman–Crippen LogP) is 4.36. The first-order valence-electron chi connectivity index (χ1n) is 13.9. The first-order valence-corrected chi connectivity index (χ1v) is 13.9. The summed E-state index contributed by atoms with van der Waals surface area (Å²) < 4.78 is 11.4. The Bertz CT molecular complexity index is 1040. The maximum atomic E-state index is 13.9. The highest BCUT2D eigenvalue weighted by Gasteiger charge is 2.70. The van der Waals surface area contributed by atoms with E-state index in [-0.39, 0.29) is 41.8 Å². The Morgan fingerprint density at radius 3 is 2.57 bits per heavy atom. The van der Waals surface area contributed by atoms with Gasteiger partial charge >= 0.3 is 11.9 Å². The summed E-state index contributed by atoms with van der Waals surface area (Å²) in [6.45, 7) is 11.1. The fourth-order valence-electron chi connectivity index (χ4n) is 8.29. The van der Waals surface area contributed by atoms with Crippen LogP contribution in [0.3, 0.4) is 0 Å². The molecule has 8 atom stereocenters. The molecule has 4 aliphatic rings. The standard InChI is InChI=1S/C30H42O7/c1-7-8-25(34)37-30(24(33)16-36-27(35)17(2)3)12-10-21-20-13-18(4)22-14-19(31)9-11-28(22,5)26(20)23(32)15-29(21,30)6/h9,11,14,17-18,20-21,23,26,32H,7-8,10,12-13,15-16H2,1-6H3/t18-,20-,21-,23-,26+,28-,29-,30-/m0/s1. The molecule has 0 heterocycles. The molecule has 3 fully saturated rings. The number of hydrogen-bond donors (Lipinski definition) is 1. The zero-order chi connectivity index (χ0) is 27.3. The van der Waals surface area contributed by atoms with Gasteiger partial charge in [-0.25, -0.2) is 0 Å². The molecule has 0 radical (unpaired) electrons. The SMILES string of the molecule is CCCC(=O)O[C@]1(C(=O)COC(=O)C(C)C)CC[C@H]2[C@@H]3C[C@H](C)C4=CC(=O)C=C[C@]4(C)[C@H]3[C@@H](O)C[C@@]21C. The van der Waals surface area contributed by atoms with Crippen molar-refractivity contribution in [1.29, 1.82) is 0 Å². The lowest BCUT2D eigenvalue weighted by atomic mass is 9.44. The third-order valence-electron chi connectivity index (χ3n) is 9.95. The largest absolute Gasteiger partial charge is 0.457 e. The van der Waals surface area contributed by atoms with Crippen molar-refractivity contribution >= 4 is 23.5 Å². The molecule has 0 aromatic rings. The van der Waals surface area contributed by atoms with Crippen LogP contribution < -0.4 is 0 Å². The third-order valence-corrected chi connectivity index (χ3v) is 9.95. The number of allylic oxidation sites excluding steroid dienone is 4. The van der Waals surface area contributed by atoms with E-state index in [0.29, 0.717) is 25.7 Å². The lowest BCUT2D eigenvalue weighted by Gasteiger charge is -2.61. The summed E-state index contributed by atoms with van der Waals surface area (Å²) in [7, 11) is 0. The van der Waals surface area contributed by atoms with Gasteiger partial charge in [-0.2, -0.15) is 0 Å². The van der Waals surface area contributed by atoms with Gasteiger partial charge in [-0.15, -0.1) is 0 Å². The fraction of sp³-hybridized carbons (Fsp3) is 0.733. The van der Waals surface area contributed by atoms with Crippen LogP contribution in [0.4, 0.5) is 0 Å². The van der Waals surface area contributed by atoms with Crippen molar-refractivity contribution in [3.05, 3.63) is 23.8 Å². The Labute approximate surface area is 220 Å². The first-order chi connectivity index (χ1) is 17.3. The molecular formula is C30H42O7. The van der Waals surface area contributed by atoms with E-state index in [1.54, 1.807) is 26.0 Å². The average Bonchev–Trinajstić information content (AvgIpc) is 3.10. The lowest BCUT2D eigenvalue weighted by Crippen LogP contribution is -2.63. The van der Waals surface area contributed by atoms with Gasteiger partial charge in [-0.3, -0.25) is 19.2 Å². The van der Waals surface area contributed by atoms with Gasteiger partial charge in [0.15, 0.2) is 18.0 Å². The number of aliphatic hydroxyl groups excluding tert-OH is 1. The van der Waals surface area contributed by atoms with E-state index in [4.69, 9.17) is 9.47 Å². The topological polar surface area (TPSA) is 107 Å². The Morgan fingerprint density at radius 2 is 1.92 bits per heavy atom. The molecule has 4 rings (SSSR count). The zero-order valence-corrected chi connectivity index (χ0v) is 23.0. The fourth-order valence-corrected chi connectivity index (χ4v) is 8.29. The normalized spacial score (nSPS) is 40.4. The summed E-state index contributed by atoms with van der Waals surface area (Å²) in [6.07, 6.45) is 7.45. The molecule has 0 aromatic carbocycles. The highest BCUT2D eigenvalue weighted by atomic mass is 16.6. The summed E-state index contributed by atoms with van der Waals surface area (Å²) in [4.78, 5) is 51.1. The summed E-state index contributed by atoms with van der Waals surface area (Å²) in [6, 6.07) is 0. The molecular weight excluding hydrogens is 472 g/mol. The van der Waals surface area contributed by atoms with E-state index < -0.39 is 46.9 Å². The predicted molar refractivity (Wildman–Crippen MR) is 137 cm³/mol. The number of Topliss-reactive ketones (excluding diaryl/α,β-unsaturated/α-hetero) is 1. The van der Waals surface area contributed by atoms with Crippen LogP contribution in [-0.4, -0.2) is 46.9 Å². The van der Waals surface area contributed by atoms with Crippen molar-refractivity contribution < 1.29 is 33.8 Å². The molecule has 0 saturated heterocycles. The highest BCUT2D eigenvalue weighted by molar-refractivity contribution is 6.01. The second-order valence-electron chi connectivity index (χ2n) is 12.5. The molecule has 0 amide bonds. The van der Waals surface area contributed by atoms with Crippen molar-refractivity contribution in [2.45, 2.75) is 91.8 Å². The van der Waals surface area contributed by atoms with E-state index in [0.717, 1.165) is 12.0 Å². The van der Waals surface area contributed by atoms with Gasteiger partial charge in [-0.05, 0) is 62.0 Å². The van der Waals surface area contributed by atoms with Crippen LogP contribution in [-0.2, 0) is 28.7 Å². The summed E-state index contributed by atoms with van der Waals surface area (Å²) in [5.41, 5.74) is -1.63. The van der Waals surface area contributed by atoms with Gasteiger partial charge in [0, 0.05) is 23.2 Å². The minimum Gasteiger partial charge on any atom is -0.457 e. The molecule has 1 N–H and O–H groups in total. The summed E-state index contributed by atoms with van der Waals surface area (Å²) >= 11 is 0. The van der Waals surface area contributed by atoms with Crippen LogP contribution in [0, 0.1) is 40.4 Å². The number of esters is 2. The Kier molecular flexibility index (Phi) is 7.34. The Morgan fingerprint density at radius 1 is 1.22 bits per heavy atom. The van der Waals surface area contributed by atoms with Crippen LogP contribution in [0.25, 0.3) is 0 Å². The van der Waals surface area contributed by atoms with Gasteiger partial charge in [0.05, 0.1) is 12.0 Å². The molecule has 7 nitrogen and oxygen atoms in total. The molecule has 0 aliphatic heterocycles. The van der Waals surface area contributed by atoms with Crippen LogP contribution in [0.15, 0.2) is 23.8 Å². The van der Waals surface area contributed by atoms with E-state index in [9.17, 15) is 24.3 Å². The lowest BCUT2D eigenvalue weighted by molar-refractivity contribution is -0.202. The van der Waals surface area contributed by atoms with E-state index >= 15 is 0 Å². The number of rotatable bonds is 7. The Balaban J connectivity index is 1.72. The maximum absolute atomic E-state index is 13.9. The second kappa shape index (κ2) is 9.79. The number of aliphatic hydroxyl groups is 1. The zero-order valence-electron chi connectivity index (χ0n) is 23.0. The van der Waals surface area contributed by atoms with Crippen LogP contribution in [0.1, 0.15) is 80.1 Å². The molecule has 7 heteroatoms. The number of hydrogen-bond acceptors (Lipinski definition) is 7. The molecule has 4 aliphatic carbocycles. The van der Waals surface area contributed by atoms with Gasteiger partial charge in [-0.1, -0.05) is 53.2 Å². The molecule has 204 valence electrons. The molecule has 0 spiro atoms. The van der Waals surface area contributed by atoms with E-state index in [2.05, 4.69) is 13.8 Å². The molecule has 0 aromatic heterocycles. The van der Waals surface area contributed by atoms with Crippen LogP contribution >= 0.6 is 0 Å². The monoisotopic (exact) mass is 514 g/mol. The number of ether oxygens (including phenoxy) is 2. The van der Waals surface area contributed by atoms with Gasteiger partial charge in [0.1, 0.15) is 0 Å². The number of carbonyl (C=O) groups excluding carboxylic acids is 4. The summed E-state index contributed by atoms with van der Waals surface area (Å²) in [5.74, 6) is -1.54.